The number of benzene rings is 2. The Kier molecular flexibility index (Phi) is 4.18. The van der Waals surface area contributed by atoms with E-state index in [1.807, 2.05) is 19.1 Å². The van der Waals surface area contributed by atoms with Crippen LogP contribution in [0, 0.1) is 5.82 Å². The molecule has 0 unspecified atom stereocenters. The van der Waals surface area contributed by atoms with Crippen LogP contribution in [0.1, 0.15) is 12.5 Å². The number of halogens is 1. The SMILES string of the molecule is CCc1ccc(N(C)S(=O)(=O)c2ccc(F)cc2N)cc1. The van der Waals surface area contributed by atoms with Crippen LogP contribution >= 0.6 is 0 Å². The van der Waals surface area contributed by atoms with E-state index in [0.29, 0.717) is 5.69 Å². The molecule has 0 aliphatic rings. The summed E-state index contributed by atoms with van der Waals surface area (Å²) in [5, 5.41) is 0. The molecule has 0 bridgehead atoms. The van der Waals surface area contributed by atoms with Crippen molar-refractivity contribution in [2.45, 2.75) is 18.2 Å². The Hall–Kier alpha value is -2.08. The molecule has 0 saturated carbocycles. The van der Waals surface area contributed by atoms with Gasteiger partial charge in [-0.2, -0.15) is 0 Å². The monoisotopic (exact) mass is 308 g/mol. The van der Waals surface area contributed by atoms with Gasteiger partial charge in [0, 0.05) is 7.05 Å². The molecular weight excluding hydrogens is 291 g/mol. The van der Waals surface area contributed by atoms with Crippen LogP contribution < -0.4 is 10.0 Å². The molecule has 0 aliphatic carbocycles. The Morgan fingerprint density at radius 2 is 1.76 bits per heavy atom. The molecule has 112 valence electrons. The molecule has 0 amide bonds. The second kappa shape index (κ2) is 5.73. The minimum absolute atomic E-state index is 0.105. The van der Waals surface area contributed by atoms with Crippen molar-refractivity contribution in [3.05, 3.63) is 53.8 Å². The maximum Gasteiger partial charge on any atom is 0.266 e. The van der Waals surface area contributed by atoms with Crippen LogP contribution in [0.25, 0.3) is 0 Å². The van der Waals surface area contributed by atoms with Gasteiger partial charge in [-0.25, -0.2) is 12.8 Å². The molecule has 0 spiro atoms. The highest BCUT2D eigenvalue weighted by atomic mass is 32.2. The highest BCUT2D eigenvalue weighted by Gasteiger charge is 2.23. The van der Waals surface area contributed by atoms with Gasteiger partial charge in [0.2, 0.25) is 0 Å². The second-order valence-corrected chi connectivity index (χ2v) is 6.61. The van der Waals surface area contributed by atoms with Crippen molar-refractivity contribution in [2.24, 2.45) is 0 Å². The zero-order chi connectivity index (χ0) is 15.6. The molecule has 6 heteroatoms. The summed E-state index contributed by atoms with van der Waals surface area (Å²) in [5.41, 5.74) is 7.16. The molecular formula is C15H17FN2O2S. The first-order chi connectivity index (χ1) is 9.86. The number of aryl methyl sites for hydroxylation is 1. The van der Waals surface area contributed by atoms with Gasteiger partial charge in [0.1, 0.15) is 10.7 Å². The first kappa shape index (κ1) is 15.3. The van der Waals surface area contributed by atoms with Crippen molar-refractivity contribution >= 4 is 21.4 Å². The minimum atomic E-state index is -3.82. The predicted molar refractivity (Wildman–Crippen MR) is 82.2 cm³/mol. The number of rotatable bonds is 4. The largest absolute Gasteiger partial charge is 0.398 e. The number of nitrogens with zero attached hydrogens (tertiary/aromatic N) is 1. The maximum absolute atomic E-state index is 13.1. The van der Waals surface area contributed by atoms with Gasteiger partial charge >= 0.3 is 0 Å². The zero-order valence-electron chi connectivity index (χ0n) is 11.9. The maximum atomic E-state index is 13.1. The van der Waals surface area contributed by atoms with Gasteiger partial charge in [-0.1, -0.05) is 19.1 Å². The van der Waals surface area contributed by atoms with Gasteiger partial charge in [-0.15, -0.1) is 0 Å². The summed E-state index contributed by atoms with van der Waals surface area (Å²) < 4.78 is 39.3. The highest BCUT2D eigenvalue weighted by Crippen LogP contribution is 2.26. The lowest BCUT2D eigenvalue weighted by atomic mass is 10.1. The van der Waals surface area contributed by atoms with Crippen LogP contribution in [-0.4, -0.2) is 15.5 Å². The Labute approximate surface area is 124 Å². The normalized spacial score (nSPS) is 11.4. The number of nitrogen functional groups attached to an aromatic ring is 1. The molecule has 0 aliphatic heterocycles. The van der Waals surface area contributed by atoms with Gasteiger partial charge in [0.05, 0.1) is 11.4 Å². The van der Waals surface area contributed by atoms with Crippen molar-refractivity contribution in [1.82, 2.24) is 0 Å². The molecule has 4 nitrogen and oxygen atoms in total. The van der Waals surface area contributed by atoms with Gasteiger partial charge in [-0.05, 0) is 42.3 Å². The van der Waals surface area contributed by atoms with Crippen molar-refractivity contribution < 1.29 is 12.8 Å². The molecule has 2 aromatic rings. The quantitative estimate of drug-likeness (QED) is 0.883. The van der Waals surface area contributed by atoms with Gasteiger partial charge in [-0.3, -0.25) is 4.31 Å². The van der Waals surface area contributed by atoms with E-state index in [0.717, 1.165) is 28.4 Å². The van der Waals surface area contributed by atoms with E-state index in [1.54, 1.807) is 12.1 Å². The lowest BCUT2D eigenvalue weighted by Crippen LogP contribution is -2.27. The summed E-state index contributed by atoms with van der Waals surface area (Å²) in [4.78, 5) is -0.106. The van der Waals surface area contributed by atoms with Crippen molar-refractivity contribution in [2.75, 3.05) is 17.1 Å². The van der Waals surface area contributed by atoms with E-state index in [4.69, 9.17) is 5.73 Å². The van der Waals surface area contributed by atoms with Crippen LogP contribution in [0.3, 0.4) is 0 Å². The summed E-state index contributed by atoms with van der Waals surface area (Å²) >= 11 is 0. The third-order valence-electron chi connectivity index (χ3n) is 3.32. The van der Waals surface area contributed by atoms with Crippen LogP contribution in [-0.2, 0) is 16.4 Å². The molecule has 21 heavy (non-hydrogen) atoms. The standard InChI is InChI=1S/C15H17FN2O2S/c1-3-11-4-7-13(8-5-11)18(2)21(19,20)15-9-6-12(16)10-14(15)17/h4-10H,3,17H2,1-2H3. The fourth-order valence-corrected chi connectivity index (χ4v) is 3.27. The molecule has 2 rings (SSSR count). The van der Waals surface area contributed by atoms with Crippen LogP contribution in [0.15, 0.2) is 47.4 Å². The summed E-state index contributed by atoms with van der Waals surface area (Å²) in [5.74, 6) is -0.568. The Morgan fingerprint density at radius 1 is 1.14 bits per heavy atom. The first-order valence-electron chi connectivity index (χ1n) is 6.49. The Morgan fingerprint density at radius 3 is 2.29 bits per heavy atom. The number of sulfonamides is 1. The molecule has 0 heterocycles. The fraction of sp³-hybridized carbons (Fsp3) is 0.200. The third-order valence-corrected chi connectivity index (χ3v) is 5.18. The summed E-state index contributed by atoms with van der Waals surface area (Å²) in [7, 11) is -2.37. The van der Waals surface area contributed by atoms with Crippen molar-refractivity contribution in [1.29, 1.82) is 0 Å². The van der Waals surface area contributed by atoms with Gasteiger partial charge in [0.25, 0.3) is 10.0 Å². The Balaban J connectivity index is 2.42. The van der Waals surface area contributed by atoms with Crippen LogP contribution in [0.4, 0.5) is 15.8 Å². The lowest BCUT2D eigenvalue weighted by molar-refractivity contribution is 0.593. The highest BCUT2D eigenvalue weighted by molar-refractivity contribution is 7.93. The molecule has 0 fully saturated rings. The molecule has 0 radical (unpaired) electrons. The average Bonchev–Trinajstić information content (AvgIpc) is 2.46. The topological polar surface area (TPSA) is 63.4 Å². The van der Waals surface area contributed by atoms with Crippen LogP contribution in [0.2, 0.25) is 0 Å². The van der Waals surface area contributed by atoms with E-state index < -0.39 is 15.8 Å². The van der Waals surface area contributed by atoms with E-state index in [2.05, 4.69) is 0 Å². The smallest absolute Gasteiger partial charge is 0.266 e. The molecule has 2 aromatic carbocycles. The van der Waals surface area contributed by atoms with E-state index >= 15 is 0 Å². The first-order valence-corrected chi connectivity index (χ1v) is 7.93. The second-order valence-electron chi connectivity index (χ2n) is 4.67. The van der Waals surface area contributed by atoms with Gasteiger partial charge < -0.3 is 5.73 Å². The lowest BCUT2D eigenvalue weighted by Gasteiger charge is -2.20. The predicted octanol–water partition coefficient (Wildman–Crippen LogP) is 2.80. The fourth-order valence-electron chi connectivity index (χ4n) is 1.98. The third kappa shape index (κ3) is 3.00. The van der Waals surface area contributed by atoms with E-state index in [9.17, 15) is 12.8 Å². The molecule has 0 atom stereocenters. The molecule has 2 N–H and O–H groups in total. The summed E-state index contributed by atoms with van der Waals surface area (Å²) in [6.45, 7) is 2.02. The number of nitrogens with two attached hydrogens (primary N) is 1. The average molecular weight is 308 g/mol. The molecule has 0 saturated heterocycles. The minimum Gasteiger partial charge on any atom is -0.398 e. The van der Waals surface area contributed by atoms with Crippen molar-refractivity contribution in [3.63, 3.8) is 0 Å². The van der Waals surface area contributed by atoms with E-state index in [1.165, 1.54) is 13.1 Å². The van der Waals surface area contributed by atoms with Gasteiger partial charge in [0.15, 0.2) is 0 Å². The number of anilines is 2. The van der Waals surface area contributed by atoms with Crippen molar-refractivity contribution in [3.8, 4) is 0 Å². The Bertz CT molecular complexity index is 743. The molecule has 0 aromatic heterocycles. The zero-order valence-corrected chi connectivity index (χ0v) is 12.7. The summed E-state index contributed by atoms with van der Waals surface area (Å²) in [6.07, 6.45) is 0.877. The number of hydrogen-bond acceptors (Lipinski definition) is 3. The summed E-state index contributed by atoms with van der Waals surface area (Å²) in [6, 6.07) is 10.5. The number of hydrogen-bond donors (Lipinski definition) is 1. The van der Waals surface area contributed by atoms with E-state index in [-0.39, 0.29) is 10.6 Å². The van der Waals surface area contributed by atoms with Crippen LogP contribution in [0.5, 0.6) is 0 Å².